The zero-order valence-electron chi connectivity index (χ0n) is 13.9. The lowest BCUT2D eigenvalue weighted by Crippen LogP contribution is -2.34. The smallest absolute Gasteiger partial charge is 0.154 e. The molecule has 0 aromatic heterocycles. The summed E-state index contributed by atoms with van der Waals surface area (Å²) in [5, 5.41) is 20.4. The maximum atomic E-state index is 11.4. The standard InChI is InChI=1S/C19H24O4/c1-4-5-16(21)17-9-8-14-15(11-20)19(22)13(7-6-12(2)3)10-18(14)23-17/h4-6,10-11,16-17,21-22H,7-9H2,1-3H3/t16-,17+/m0/s1. The summed E-state index contributed by atoms with van der Waals surface area (Å²) in [6, 6.07) is 1.78. The molecule has 0 saturated heterocycles. The highest BCUT2D eigenvalue weighted by molar-refractivity contribution is 5.84. The number of aliphatic hydroxyl groups is 1. The van der Waals surface area contributed by atoms with Crippen LogP contribution in [-0.2, 0) is 12.8 Å². The number of phenols is 1. The van der Waals surface area contributed by atoms with Crippen LogP contribution in [0.2, 0.25) is 0 Å². The lowest BCUT2D eigenvalue weighted by atomic mass is 9.92. The van der Waals surface area contributed by atoms with Gasteiger partial charge in [0.05, 0.1) is 5.56 Å². The normalized spacial score (nSPS) is 18.2. The van der Waals surface area contributed by atoms with Crippen LogP contribution < -0.4 is 4.74 Å². The Labute approximate surface area is 137 Å². The summed E-state index contributed by atoms with van der Waals surface area (Å²) in [6.45, 7) is 5.81. The minimum absolute atomic E-state index is 0.0345. The van der Waals surface area contributed by atoms with Crippen molar-refractivity contribution in [2.45, 2.75) is 52.2 Å². The maximum Gasteiger partial charge on any atom is 0.154 e. The van der Waals surface area contributed by atoms with Gasteiger partial charge in [0.25, 0.3) is 0 Å². The molecule has 1 heterocycles. The molecule has 4 nitrogen and oxygen atoms in total. The molecule has 4 heteroatoms. The van der Waals surface area contributed by atoms with Gasteiger partial charge in [0.2, 0.25) is 0 Å². The third kappa shape index (κ3) is 3.82. The van der Waals surface area contributed by atoms with Crippen molar-refractivity contribution in [3.63, 3.8) is 0 Å². The van der Waals surface area contributed by atoms with Crippen molar-refractivity contribution < 1.29 is 19.7 Å². The summed E-state index contributed by atoms with van der Waals surface area (Å²) in [5.74, 6) is 0.620. The van der Waals surface area contributed by atoms with Crippen molar-refractivity contribution in [2.75, 3.05) is 0 Å². The zero-order chi connectivity index (χ0) is 17.0. The van der Waals surface area contributed by atoms with Crippen molar-refractivity contribution in [3.05, 3.63) is 46.6 Å². The number of carbonyl (C=O) groups is 1. The second-order valence-electron chi connectivity index (χ2n) is 6.09. The molecule has 0 radical (unpaired) electrons. The van der Waals surface area contributed by atoms with Gasteiger partial charge >= 0.3 is 0 Å². The van der Waals surface area contributed by atoms with Crippen LogP contribution in [0.4, 0.5) is 0 Å². The number of carbonyl (C=O) groups excluding carboxylic acids is 1. The van der Waals surface area contributed by atoms with E-state index in [2.05, 4.69) is 0 Å². The van der Waals surface area contributed by atoms with Crippen LogP contribution in [0.3, 0.4) is 0 Å². The van der Waals surface area contributed by atoms with Gasteiger partial charge in [-0.15, -0.1) is 0 Å². The summed E-state index contributed by atoms with van der Waals surface area (Å²) >= 11 is 0. The summed E-state index contributed by atoms with van der Waals surface area (Å²) < 4.78 is 5.90. The van der Waals surface area contributed by atoms with Crippen molar-refractivity contribution in [1.29, 1.82) is 0 Å². The van der Waals surface area contributed by atoms with Gasteiger partial charge in [-0.25, -0.2) is 0 Å². The van der Waals surface area contributed by atoms with E-state index in [1.54, 1.807) is 18.2 Å². The van der Waals surface area contributed by atoms with E-state index in [0.717, 1.165) is 11.1 Å². The second-order valence-corrected chi connectivity index (χ2v) is 6.09. The fourth-order valence-corrected chi connectivity index (χ4v) is 2.79. The van der Waals surface area contributed by atoms with Gasteiger partial charge < -0.3 is 14.9 Å². The van der Waals surface area contributed by atoms with Gasteiger partial charge in [0, 0.05) is 11.1 Å². The Hall–Kier alpha value is -2.07. The van der Waals surface area contributed by atoms with Crippen LogP contribution in [0.1, 0.15) is 48.7 Å². The van der Waals surface area contributed by atoms with Gasteiger partial charge in [0.1, 0.15) is 23.7 Å². The third-order valence-corrected chi connectivity index (χ3v) is 4.06. The molecule has 23 heavy (non-hydrogen) atoms. The molecule has 2 N–H and O–H groups in total. The van der Waals surface area contributed by atoms with Crippen LogP contribution in [0.5, 0.6) is 11.5 Å². The van der Waals surface area contributed by atoms with Gasteiger partial charge in [-0.3, -0.25) is 4.79 Å². The predicted octanol–water partition coefficient (Wildman–Crippen LogP) is 3.34. The van der Waals surface area contributed by atoms with Crippen LogP contribution in [0.15, 0.2) is 29.9 Å². The Morgan fingerprint density at radius 1 is 1.48 bits per heavy atom. The largest absolute Gasteiger partial charge is 0.507 e. The number of aromatic hydroxyl groups is 1. The molecule has 2 rings (SSSR count). The molecule has 2 atom stereocenters. The topological polar surface area (TPSA) is 66.8 Å². The van der Waals surface area contributed by atoms with Crippen molar-refractivity contribution in [3.8, 4) is 11.5 Å². The molecule has 124 valence electrons. The fourth-order valence-electron chi connectivity index (χ4n) is 2.79. The van der Waals surface area contributed by atoms with Gasteiger partial charge in [0.15, 0.2) is 6.29 Å². The molecule has 0 spiro atoms. The lowest BCUT2D eigenvalue weighted by molar-refractivity contribution is 0.0524. The first-order chi connectivity index (χ1) is 11.0. The van der Waals surface area contributed by atoms with Crippen LogP contribution in [0.25, 0.3) is 0 Å². The first-order valence-corrected chi connectivity index (χ1v) is 7.91. The second kappa shape index (κ2) is 7.47. The number of rotatable bonds is 5. The SMILES string of the molecule is CC=C[C@H](O)[C@H]1CCc2c(cc(CC=C(C)C)c(O)c2C=O)O1. The molecule has 0 amide bonds. The number of ether oxygens (including phenoxy) is 1. The predicted molar refractivity (Wildman–Crippen MR) is 90.2 cm³/mol. The van der Waals surface area contributed by atoms with Gasteiger partial charge in [-0.2, -0.15) is 0 Å². The highest BCUT2D eigenvalue weighted by Gasteiger charge is 2.28. The Kier molecular flexibility index (Phi) is 5.61. The third-order valence-electron chi connectivity index (χ3n) is 4.06. The summed E-state index contributed by atoms with van der Waals surface area (Å²) in [4.78, 5) is 11.4. The fraction of sp³-hybridized carbons (Fsp3) is 0.421. The average Bonchev–Trinajstić information content (AvgIpc) is 2.52. The van der Waals surface area contributed by atoms with Crippen LogP contribution in [0, 0.1) is 0 Å². The minimum Gasteiger partial charge on any atom is -0.507 e. The minimum atomic E-state index is -0.678. The van der Waals surface area contributed by atoms with Gasteiger partial charge in [-0.1, -0.05) is 23.8 Å². The Morgan fingerprint density at radius 3 is 2.83 bits per heavy atom. The number of fused-ring (bicyclic) bond motifs is 1. The van der Waals surface area contributed by atoms with E-state index in [-0.39, 0.29) is 11.9 Å². The van der Waals surface area contributed by atoms with E-state index >= 15 is 0 Å². The summed E-state index contributed by atoms with van der Waals surface area (Å²) in [5.41, 5.74) is 2.83. The molecule has 1 aliphatic heterocycles. The maximum absolute atomic E-state index is 11.4. The van der Waals surface area contributed by atoms with Crippen molar-refractivity contribution in [2.24, 2.45) is 0 Å². The van der Waals surface area contributed by atoms with E-state index < -0.39 is 6.10 Å². The first-order valence-electron chi connectivity index (χ1n) is 7.91. The number of benzene rings is 1. The quantitative estimate of drug-likeness (QED) is 0.646. The Bertz CT molecular complexity index is 639. The molecule has 0 saturated carbocycles. The number of aliphatic hydroxyl groups excluding tert-OH is 1. The molecular weight excluding hydrogens is 292 g/mol. The lowest BCUT2D eigenvalue weighted by Gasteiger charge is -2.30. The molecule has 0 unspecified atom stereocenters. The van der Waals surface area contributed by atoms with E-state index in [1.807, 2.05) is 26.8 Å². The molecule has 1 aliphatic rings. The van der Waals surface area contributed by atoms with E-state index in [9.17, 15) is 15.0 Å². The number of hydrogen-bond donors (Lipinski definition) is 2. The number of aldehydes is 1. The average molecular weight is 316 g/mol. The van der Waals surface area contributed by atoms with Crippen LogP contribution >= 0.6 is 0 Å². The highest BCUT2D eigenvalue weighted by Crippen LogP contribution is 2.38. The molecule has 1 aromatic rings. The van der Waals surface area contributed by atoms with Crippen molar-refractivity contribution in [1.82, 2.24) is 0 Å². The Morgan fingerprint density at radius 2 is 2.22 bits per heavy atom. The van der Waals surface area contributed by atoms with Crippen LogP contribution in [-0.4, -0.2) is 28.7 Å². The van der Waals surface area contributed by atoms with Crippen molar-refractivity contribution >= 4 is 6.29 Å². The highest BCUT2D eigenvalue weighted by atomic mass is 16.5. The Balaban J connectivity index is 2.39. The van der Waals surface area contributed by atoms with E-state index in [4.69, 9.17) is 4.74 Å². The monoisotopic (exact) mass is 316 g/mol. The zero-order valence-corrected chi connectivity index (χ0v) is 13.9. The molecule has 1 aromatic carbocycles. The molecular formula is C19H24O4. The van der Waals surface area contributed by atoms with E-state index in [1.165, 1.54) is 0 Å². The number of hydrogen-bond acceptors (Lipinski definition) is 4. The first kappa shape index (κ1) is 17.3. The number of allylic oxidation sites excluding steroid dienone is 3. The summed E-state index contributed by atoms with van der Waals surface area (Å²) in [6.07, 6.45) is 6.89. The molecule has 0 bridgehead atoms. The summed E-state index contributed by atoms with van der Waals surface area (Å²) in [7, 11) is 0. The number of phenolic OH excluding ortho intramolecular Hbond substituents is 1. The molecule has 0 aliphatic carbocycles. The van der Waals surface area contributed by atoms with Gasteiger partial charge in [-0.05, 0) is 46.1 Å². The molecule has 0 fully saturated rings. The van der Waals surface area contributed by atoms with E-state index in [0.29, 0.717) is 42.4 Å².